The molecule has 2 N–H and O–H groups in total. The molecule has 1 aliphatic rings. The van der Waals surface area contributed by atoms with Gasteiger partial charge in [-0.05, 0) is 64.9 Å². The number of aliphatic hydroxyl groups excluding tert-OH is 1. The predicted molar refractivity (Wildman–Crippen MR) is 144 cm³/mol. The number of methoxy groups -OCH3 is 1. The van der Waals surface area contributed by atoms with E-state index in [2.05, 4.69) is 20.8 Å². The largest absolute Gasteiger partial charge is 0.507 e. The van der Waals surface area contributed by atoms with E-state index < -0.39 is 23.7 Å². The van der Waals surface area contributed by atoms with Gasteiger partial charge < -0.3 is 19.8 Å². The average molecular weight is 514 g/mol. The van der Waals surface area contributed by atoms with Gasteiger partial charge in [-0.3, -0.25) is 9.59 Å². The number of carboxylic acid groups (broad SMARTS) is 1. The third-order valence-corrected chi connectivity index (χ3v) is 6.88. The van der Waals surface area contributed by atoms with E-state index in [0.717, 1.165) is 11.1 Å². The number of carboxylic acids is 1. The van der Waals surface area contributed by atoms with Gasteiger partial charge in [-0.1, -0.05) is 57.2 Å². The van der Waals surface area contributed by atoms with Crippen molar-refractivity contribution in [3.8, 4) is 5.75 Å². The zero-order valence-electron chi connectivity index (χ0n) is 22.1. The van der Waals surface area contributed by atoms with Crippen LogP contribution in [-0.2, 0) is 21.5 Å². The Morgan fingerprint density at radius 1 is 0.947 bits per heavy atom. The lowest BCUT2D eigenvalue weighted by atomic mass is 9.84. The molecule has 1 saturated heterocycles. The highest BCUT2D eigenvalue weighted by Gasteiger charge is 2.46. The van der Waals surface area contributed by atoms with Gasteiger partial charge in [0.25, 0.3) is 11.7 Å². The molecule has 0 aromatic heterocycles. The second-order valence-electron chi connectivity index (χ2n) is 10.5. The Bertz CT molecular complexity index is 1430. The molecular formula is C31H31NO6. The molecular weight excluding hydrogens is 482 g/mol. The second kappa shape index (κ2) is 10.2. The maximum Gasteiger partial charge on any atom is 0.335 e. The van der Waals surface area contributed by atoms with E-state index in [4.69, 9.17) is 4.74 Å². The molecule has 1 unspecified atom stereocenters. The number of ether oxygens (including phenoxy) is 1. The van der Waals surface area contributed by atoms with Crippen LogP contribution in [0.5, 0.6) is 5.75 Å². The summed E-state index contributed by atoms with van der Waals surface area (Å²) in [6.07, 6.45) is 0. The zero-order valence-corrected chi connectivity index (χ0v) is 22.1. The van der Waals surface area contributed by atoms with Crippen LogP contribution in [0.15, 0.2) is 72.3 Å². The van der Waals surface area contributed by atoms with Crippen molar-refractivity contribution in [2.75, 3.05) is 7.11 Å². The first kappa shape index (κ1) is 26.7. The molecule has 1 fully saturated rings. The fourth-order valence-corrected chi connectivity index (χ4v) is 4.61. The Morgan fingerprint density at radius 3 is 2.13 bits per heavy atom. The van der Waals surface area contributed by atoms with Gasteiger partial charge >= 0.3 is 5.97 Å². The van der Waals surface area contributed by atoms with Crippen molar-refractivity contribution in [3.63, 3.8) is 0 Å². The van der Waals surface area contributed by atoms with Gasteiger partial charge in [0.1, 0.15) is 11.5 Å². The Labute approximate surface area is 222 Å². The SMILES string of the molecule is COc1ccc(C2/C(=C(\O)c3cc(C(C)(C)C)ccc3C)C(=O)C(=O)N2Cc2ccc(C(=O)O)cc2)cc1. The number of aliphatic hydroxyl groups is 1. The van der Waals surface area contributed by atoms with Crippen molar-refractivity contribution in [1.29, 1.82) is 0 Å². The number of carbonyl (C=O) groups is 3. The first-order chi connectivity index (χ1) is 17.9. The summed E-state index contributed by atoms with van der Waals surface area (Å²) < 4.78 is 5.27. The summed E-state index contributed by atoms with van der Waals surface area (Å²) in [6.45, 7) is 8.09. The van der Waals surface area contributed by atoms with Crippen molar-refractivity contribution in [2.45, 2.75) is 45.7 Å². The second-order valence-corrected chi connectivity index (χ2v) is 10.5. The first-order valence-corrected chi connectivity index (χ1v) is 12.3. The van der Waals surface area contributed by atoms with Crippen molar-refractivity contribution < 1.29 is 29.3 Å². The number of benzene rings is 3. The molecule has 0 spiro atoms. The van der Waals surface area contributed by atoms with Gasteiger partial charge in [0.15, 0.2) is 0 Å². The highest BCUT2D eigenvalue weighted by molar-refractivity contribution is 6.46. The number of hydrogen-bond acceptors (Lipinski definition) is 5. The third-order valence-electron chi connectivity index (χ3n) is 6.88. The molecule has 1 amide bonds. The number of aromatic carboxylic acids is 1. The number of amides is 1. The standard InChI is InChI=1S/C31H31NO6/c1-18-6-13-22(31(2,3)4)16-24(18)27(33)25-26(20-11-14-23(38-5)15-12-20)32(29(35)28(25)34)17-19-7-9-21(10-8-19)30(36)37/h6-16,26,33H,17H2,1-5H3,(H,36,37)/b27-25+. The van der Waals surface area contributed by atoms with Crippen molar-refractivity contribution in [3.05, 3.63) is 106 Å². The van der Waals surface area contributed by atoms with Crippen LogP contribution in [0.4, 0.5) is 0 Å². The molecule has 0 bridgehead atoms. The van der Waals surface area contributed by atoms with E-state index >= 15 is 0 Å². The lowest BCUT2D eigenvalue weighted by Gasteiger charge is -2.26. The Hall–Kier alpha value is -4.39. The molecule has 7 nitrogen and oxygen atoms in total. The number of rotatable bonds is 6. The summed E-state index contributed by atoms with van der Waals surface area (Å²) >= 11 is 0. The van der Waals surface area contributed by atoms with Gasteiger partial charge in [-0.25, -0.2) is 4.79 Å². The summed E-state index contributed by atoms with van der Waals surface area (Å²) in [4.78, 5) is 39.5. The zero-order chi connectivity index (χ0) is 27.8. The van der Waals surface area contributed by atoms with Crippen molar-refractivity contribution >= 4 is 23.4 Å². The Balaban J connectivity index is 1.87. The molecule has 1 heterocycles. The van der Waals surface area contributed by atoms with E-state index in [0.29, 0.717) is 22.4 Å². The molecule has 1 atom stereocenters. The third kappa shape index (κ3) is 5.05. The molecule has 196 valence electrons. The number of nitrogens with zero attached hydrogens (tertiary/aromatic N) is 1. The summed E-state index contributed by atoms with van der Waals surface area (Å²) in [5, 5.41) is 20.8. The smallest absolute Gasteiger partial charge is 0.335 e. The molecule has 1 aliphatic heterocycles. The minimum absolute atomic E-state index is 0.0106. The van der Waals surface area contributed by atoms with Gasteiger partial charge in [-0.2, -0.15) is 0 Å². The highest BCUT2D eigenvalue weighted by atomic mass is 16.5. The van der Waals surface area contributed by atoms with Crippen LogP contribution in [0, 0.1) is 6.92 Å². The summed E-state index contributed by atoms with van der Waals surface area (Å²) in [7, 11) is 1.55. The number of carbonyl (C=O) groups excluding carboxylic acids is 2. The fraction of sp³-hybridized carbons (Fsp3) is 0.258. The van der Waals surface area contributed by atoms with Gasteiger partial charge in [0, 0.05) is 12.1 Å². The normalized spacial score (nSPS) is 17.1. The van der Waals surface area contributed by atoms with Crippen LogP contribution in [0.25, 0.3) is 5.76 Å². The summed E-state index contributed by atoms with van der Waals surface area (Å²) in [6, 6.07) is 18.1. The molecule has 0 aliphatic carbocycles. The average Bonchev–Trinajstić information content (AvgIpc) is 3.13. The lowest BCUT2D eigenvalue weighted by molar-refractivity contribution is -0.140. The van der Waals surface area contributed by atoms with Crippen LogP contribution >= 0.6 is 0 Å². The monoisotopic (exact) mass is 513 g/mol. The van der Waals surface area contributed by atoms with Gasteiger partial charge in [-0.15, -0.1) is 0 Å². The van der Waals surface area contributed by atoms with E-state index in [-0.39, 0.29) is 28.9 Å². The number of ketones is 1. The van der Waals surface area contributed by atoms with E-state index in [1.807, 2.05) is 25.1 Å². The summed E-state index contributed by atoms with van der Waals surface area (Å²) in [5.74, 6) is -2.17. The molecule has 38 heavy (non-hydrogen) atoms. The Kier molecular flexibility index (Phi) is 7.14. The number of likely N-dealkylation sites (tertiary alicyclic amines) is 1. The van der Waals surface area contributed by atoms with Crippen LogP contribution in [-0.4, -0.2) is 39.9 Å². The van der Waals surface area contributed by atoms with Crippen LogP contribution in [0.1, 0.15) is 65.0 Å². The molecule has 7 heteroatoms. The van der Waals surface area contributed by atoms with Crippen LogP contribution in [0.2, 0.25) is 0 Å². The molecule has 0 saturated carbocycles. The topological polar surface area (TPSA) is 104 Å². The molecule has 0 radical (unpaired) electrons. The predicted octanol–water partition coefficient (Wildman–Crippen LogP) is 5.62. The number of Topliss-reactive ketones (excluding diaryl/α,β-unsaturated/α-hetero) is 1. The Morgan fingerprint density at radius 2 is 1.58 bits per heavy atom. The number of aryl methyl sites for hydroxylation is 1. The van der Waals surface area contributed by atoms with E-state index in [1.165, 1.54) is 17.0 Å². The van der Waals surface area contributed by atoms with Crippen molar-refractivity contribution in [2.24, 2.45) is 0 Å². The molecule has 3 aromatic carbocycles. The van der Waals surface area contributed by atoms with Gasteiger partial charge in [0.05, 0.1) is 24.3 Å². The van der Waals surface area contributed by atoms with Crippen LogP contribution in [0.3, 0.4) is 0 Å². The first-order valence-electron chi connectivity index (χ1n) is 12.3. The summed E-state index contributed by atoms with van der Waals surface area (Å²) in [5.41, 5.74) is 3.50. The van der Waals surface area contributed by atoms with E-state index in [9.17, 15) is 24.6 Å². The maximum absolute atomic E-state index is 13.5. The minimum Gasteiger partial charge on any atom is -0.507 e. The maximum atomic E-state index is 13.5. The van der Waals surface area contributed by atoms with E-state index in [1.54, 1.807) is 43.5 Å². The van der Waals surface area contributed by atoms with Gasteiger partial charge in [0.2, 0.25) is 0 Å². The molecule has 3 aromatic rings. The van der Waals surface area contributed by atoms with Crippen molar-refractivity contribution in [1.82, 2.24) is 4.90 Å². The minimum atomic E-state index is -1.05. The fourth-order valence-electron chi connectivity index (χ4n) is 4.61. The lowest BCUT2D eigenvalue weighted by Crippen LogP contribution is -2.29. The number of hydrogen-bond donors (Lipinski definition) is 2. The molecule has 4 rings (SSSR count). The highest BCUT2D eigenvalue weighted by Crippen LogP contribution is 2.41. The van der Waals surface area contributed by atoms with Crippen LogP contribution < -0.4 is 4.74 Å². The quantitative estimate of drug-likeness (QED) is 0.252.